The molecule has 0 saturated heterocycles. The molecule has 6 heteroatoms. The molecule has 1 aromatic heterocycles. The predicted octanol–water partition coefficient (Wildman–Crippen LogP) is 2.63. The summed E-state index contributed by atoms with van der Waals surface area (Å²) in [4.78, 5) is 16.7. The lowest BCUT2D eigenvalue weighted by Crippen LogP contribution is -2.22. The smallest absolute Gasteiger partial charge is 0.355 e. The van der Waals surface area contributed by atoms with E-state index in [9.17, 15) is 9.18 Å². The van der Waals surface area contributed by atoms with Crippen LogP contribution in [-0.2, 0) is 0 Å². The predicted molar refractivity (Wildman–Crippen MR) is 71.0 cm³/mol. The molecule has 1 unspecified atom stereocenters. The number of aromatic carboxylic acids is 1. The SMILES string of the molecule is CN(C)C(c1nc(C(=O)O)cs1)c1ccccc1F. The molecule has 2 aromatic rings. The first-order chi connectivity index (χ1) is 9.00. The normalized spacial score (nSPS) is 12.6. The first-order valence-corrected chi connectivity index (χ1v) is 6.48. The zero-order valence-electron chi connectivity index (χ0n) is 10.5. The van der Waals surface area contributed by atoms with Gasteiger partial charge in [0.05, 0.1) is 6.04 Å². The quantitative estimate of drug-likeness (QED) is 0.935. The summed E-state index contributed by atoms with van der Waals surface area (Å²) < 4.78 is 13.9. The van der Waals surface area contributed by atoms with Crippen molar-refractivity contribution >= 4 is 17.3 Å². The fourth-order valence-electron chi connectivity index (χ4n) is 1.84. The number of halogens is 1. The fourth-order valence-corrected chi connectivity index (χ4v) is 2.84. The maximum atomic E-state index is 13.9. The van der Waals surface area contributed by atoms with Gasteiger partial charge in [-0.1, -0.05) is 18.2 Å². The highest BCUT2D eigenvalue weighted by molar-refractivity contribution is 7.10. The van der Waals surface area contributed by atoms with Crippen LogP contribution >= 0.6 is 11.3 Å². The van der Waals surface area contributed by atoms with Gasteiger partial charge in [0.2, 0.25) is 0 Å². The number of carboxylic acids is 1. The van der Waals surface area contributed by atoms with Gasteiger partial charge in [0.25, 0.3) is 0 Å². The second kappa shape index (κ2) is 5.46. The summed E-state index contributed by atoms with van der Waals surface area (Å²) >= 11 is 1.22. The summed E-state index contributed by atoms with van der Waals surface area (Å²) in [6, 6.07) is 6.05. The van der Waals surface area contributed by atoms with E-state index in [1.807, 2.05) is 4.90 Å². The molecular weight excluding hydrogens is 267 g/mol. The van der Waals surface area contributed by atoms with Crippen LogP contribution < -0.4 is 0 Å². The Labute approximate surface area is 114 Å². The lowest BCUT2D eigenvalue weighted by Gasteiger charge is -2.23. The third-order valence-corrected chi connectivity index (χ3v) is 3.59. The van der Waals surface area contributed by atoms with Crippen molar-refractivity contribution in [2.45, 2.75) is 6.04 Å². The van der Waals surface area contributed by atoms with E-state index in [-0.39, 0.29) is 17.6 Å². The summed E-state index contributed by atoms with van der Waals surface area (Å²) in [5.74, 6) is -1.40. The maximum Gasteiger partial charge on any atom is 0.355 e. The van der Waals surface area contributed by atoms with Crippen molar-refractivity contribution in [3.8, 4) is 0 Å². The van der Waals surface area contributed by atoms with Crippen LogP contribution in [-0.4, -0.2) is 35.1 Å². The Hall–Kier alpha value is -1.79. The van der Waals surface area contributed by atoms with Gasteiger partial charge in [-0.2, -0.15) is 0 Å². The van der Waals surface area contributed by atoms with E-state index in [4.69, 9.17) is 5.11 Å². The third kappa shape index (κ3) is 2.80. The number of rotatable bonds is 4. The summed E-state index contributed by atoms with van der Waals surface area (Å²) in [6.45, 7) is 0. The fraction of sp³-hybridized carbons (Fsp3) is 0.231. The highest BCUT2D eigenvalue weighted by Gasteiger charge is 2.24. The lowest BCUT2D eigenvalue weighted by molar-refractivity contribution is 0.0691. The van der Waals surface area contributed by atoms with Crippen molar-refractivity contribution in [2.24, 2.45) is 0 Å². The van der Waals surface area contributed by atoms with Gasteiger partial charge in [0.15, 0.2) is 5.69 Å². The second-order valence-corrected chi connectivity index (χ2v) is 5.15. The first-order valence-electron chi connectivity index (χ1n) is 5.60. The monoisotopic (exact) mass is 280 g/mol. The summed E-state index contributed by atoms with van der Waals surface area (Å²) in [5.41, 5.74) is 0.474. The van der Waals surface area contributed by atoms with Crippen molar-refractivity contribution in [3.63, 3.8) is 0 Å². The molecule has 100 valence electrons. The number of carbonyl (C=O) groups is 1. The largest absolute Gasteiger partial charge is 0.476 e. The molecule has 0 aliphatic rings. The molecule has 0 saturated carbocycles. The average molecular weight is 280 g/mol. The Kier molecular flexibility index (Phi) is 3.92. The Bertz CT molecular complexity index is 598. The van der Waals surface area contributed by atoms with Crippen LogP contribution in [0.3, 0.4) is 0 Å². The summed E-state index contributed by atoms with van der Waals surface area (Å²) in [7, 11) is 3.61. The number of hydrogen-bond donors (Lipinski definition) is 1. The van der Waals surface area contributed by atoms with E-state index in [0.29, 0.717) is 10.6 Å². The number of nitrogens with zero attached hydrogens (tertiary/aromatic N) is 2. The topological polar surface area (TPSA) is 53.4 Å². The molecular formula is C13H13FN2O2S. The molecule has 0 bridgehead atoms. The zero-order valence-corrected chi connectivity index (χ0v) is 11.3. The van der Waals surface area contributed by atoms with Crippen molar-refractivity contribution in [3.05, 3.63) is 51.7 Å². The van der Waals surface area contributed by atoms with Crippen LogP contribution in [0.15, 0.2) is 29.6 Å². The van der Waals surface area contributed by atoms with E-state index in [1.54, 1.807) is 32.3 Å². The Morgan fingerprint density at radius 3 is 2.63 bits per heavy atom. The Morgan fingerprint density at radius 2 is 2.11 bits per heavy atom. The van der Waals surface area contributed by atoms with Gasteiger partial charge in [-0.15, -0.1) is 11.3 Å². The molecule has 4 nitrogen and oxygen atoms in total. The van der Waals surface area contributed by atoms with Gasteiger partial charge in [0.1, 0.15) is 10.8 Å². The number of aromatic nitrogens is 1. The highest BCUT2D eigenvalue weighted by Crippen LogP contribution is 2.30. The molecule has 0 aliphatic heterocycles. The average Bonchev–Trinajstić information content (AvgIpc) is 2.81. The van der Waals surface area contributed by atoms with E-state index in [0.717, 1.165) is 0 Å². The van der Waals surface area contributed by atoms with Gasteiger partial charge in [-0.25, -0.2) is 14.2 Å². The standard InChI is InChI=1S/C13H13FN2O2S/c1-16(2)11(8-5-3-4-6-9(8)14)12-15-10(7-19-12)13(17)18/h3-7,11H,1-2H3,(H,17,18). The summed E-state index contributed by atoms with van der Waals surface area (Å²) in [6.07, 6.45) is 0. The lowest BCUT2D eigenvalue weighted by atomic mass is 10.1. The highest BCUT2D eigenvalue weighted by atomic mass is 32.1. The molecule has 2 rings (SSSR count). The minimum Gasteiger partial charge on any atom is -0.476 e. The molecule has 1 N–H and O–H groups in total. The molecule has 1 aromatic carbocycles. The van der Waals surface area contributed by atoms with Crippen molar-refractivity contribution in [1.29, 1.82) is 0 Å². The molecule has 0 fully saturated rings. The van der Waals surface area contributed by atoms with Crippen molar-refractivity contribution in [1.82, 2.24) is 9.88 Å². The van der Waals surface area contributed by atoms with E-state index in [2.05, 4.69) is 4.98 Å². The number of benzene rings is 1. The van der Waals surface area contributed by atoms with Crippen LogP contribution in [0, 0.1) is 5.82 Å². The van der Waals surface area contributed by atoms with Gasteiger partial charge in [-0.3, -0.25) is 4.90 Å². The molecule has 1 atom stereocenters. The van der Waals surface area contributed by atoms with E-state index < -0.39 is 5.97 Å². The minimum atomic E-state index is -1.08. The third-order valence-electron chi connectivity index (χ3n) is 2.69. The van der Waals surface area contributed by atoms with Gasteiger partial charge in [-0.05, 0) is 20.2 Å². The van der Waals surface area contributed by atoms with Crippen LogP contribution in [0.2, 0.25) is 0 Å². The summed E-state index contributed by atoms with van der Waals surface area (Å²) in [5, 5.41) is 10.9. The zero-order chi connectivity index (χ0) is 14.0. The van der Waals surface area contributed by atoms with Crippen molar-refractivity contribution in [2.75, 3.05) is 14.1 Å². The van der Waals surface area contributed by atoms with Gasteiger partial charge < -0.3 is 5.11 Å². The number of carboxylic acid groups (broad SMARTS) is 1. The van der Waals surface area contributed by atoms with Crippen molar-refractivity contribution < 1.29 is 14.3 Å². The molecule has 19 heavy (non-hydrogen) atoms. The minimum absolute atomic E-state index is 0.0109. The molecule has 0 amide bonds. The molecule has 0 aliphatic carbocycles. The van der Waals surface area contributed by atoms with Gasteiger partial charge >= 0.3 is 5.97 Å². The number of hydrogen-bond acceptors (Lipinski definition) is 4. The Balaban J connectivity index is 2.46. The van der Waals surface area contributed by atoms with Crippen LogP contribution in [0.5, 0.6) is 0 Å². The molecule has 0 radical (unpaired) electrons. The van der Waals surface area contributed by atoms with Crippen LogP contribution in [0.1, 0.15) is 27.1 Å². The van der Waals surface area contributed by atoms with E-state index >= 15 is 0 Å². The second-order valence-electron chi connectivity index (χ2n) is 4.26. The first kappa shape index (κ1) is 13.6. The number of thiazole rings is 1. The van der Waals surface area contributed by atoms with Crippen LogP contribution in [0.25, 0.3) is 0 Å². The maximum absolute atomic E-state index is 13.9. The Morgan fingerprint density at radius 1 is 1.42 bits per heavy atom. The van der Waals surface area contributed by atoms with E-state index in [1.165, 1.54) is 22.8 Å². The molecule has 0 spiro atoms. The van der Waals surface area contributed by atoms with Crippen LogP contribution in [0.4, 0.5) is 4.39 Å². The van der Waals surface area contributed by atoms with Gasteiger partial charge in [0, 0.05) is 10.9 Å². The molecule has 1 heterocycles.